The summed E-state index contributed by atoms with van der Waals surface area (Å²) in [4.78, 5) is 0. The van der Waals surface area contributed by atoms with E-state index in [4.69, 9.17) is 14.2 Å². The quantitative estimate of drug-likeness (QED) is 0.634. The Hall–Kier alpha value is -0.420. The van der Waals surface area contributed by atoms with E-state index in [1.807, 2.05) is 6.92 Å². The fourth-order valence-corrected chi connectivity index (χ4v) is 3.99. The summed E-state index contributed by atoms with van der Waals surface area (Å²) in [5, 5.41) is 11.5. The predicted octanol–water partition coefficient (Wildman–Crippen LogP) is 2.20. The van der Waals surface area contributed by atoms with Crippen molar-refractivity contribution in [2.24, 2.45) is 0 Å². The molecule has 20 heavy (non-hydrogen) atoms. The highest BCUT2D eigenvalue weighted by atomic mass is 16.7. The molecule has 2 heterocycles. The molecular formula is C16H26O4. The molecule has 3 aliphatic rings. The average molecular weight is 282 g/mol. The molecule has 0 aromatic carbocycles. The first-order valence-electron chi connectivity index (χ1n) is 7.60. The van der Waals surface area contributed by atoms with Crippen LogP contribution in [0, 0.1) is 0 Å². The van der Waals surface area contributed by atoms with Gasteiger partial charge in [0.05, 0.1) is 18.8 Å². The van der Waals surface area contributed by atoms with E-state index in [1.54, 1.807) is 7.11 Å². The van der Waals surface area contributed by atoms with Gasteiger partial charge in [-0.05, 0) is 46.5 Å². The van der Waals surface area contributed by atoms with Gasteiger partial charge in [0.25, 0.3) is 0 Å². The molecule has 3 fully saturated rings. The van der Waals surface area contributed by atoms with Crippen LogP contribution in [0.4, 0.5) is 0 Å². The molecule has 2 aliphatic heterocycles. The SMILES string of the molecule is COC1CCCC2(CO2)C1(O)C1(C)OC1CC=C(C)C. The zero-order chi connectivity index (χ0) is 14.6. The van der Waals surface area contributed by atoms with E-state index in [9.17, 15) is 5.11 Å². The highest BCUT2D eigenvalue weighted by Gasteiger charge is 2.79. The largest absolute Gasteiger partial charge is 0.381 e. The van der Waals surface area contributed by atoms with E-state index in [0.29, 0.717) is 6.61 Å². The van der Waals surface area contributed by atoms with Crippen LogP contribution >= 0.6 is 0 Å². The third-order valence-electron chi connectivity index (χ3n) is 5.43. The maximum Gasteiger partial charge on any atom is 0.153 e. The van der Waals surface area contributed by atoms with Gasteiger partial charge >= 0.3 is 0 Å². The summed E-state index contributed by atoms with van der Waals surface area (Å²) in [6, 6.07) is 0. The van der Waals surface area contributed by atoms with Crippen LogP contribution in [0.1, 0.15) is 46.5 Å². The van der Waals surface area contributed by atoms with Gasteiger partial charge in [-0.2, -0.15) is 0 Å². The molecule has 5 unspecified atom stereocenters. The molecule has 114 valence electrons. The Labute approximate surface area is 121 Å². The lowest BCUT2D eigenvalue weighted by Crippen LogP contribution is -2.66. The molecule has 0 aromatic rings. The van der Waals surface area contributed by atoms with Crippen molar-refractivity contribution >= 4 is 0 Å². The van der Waals surface area contributed by atoms with Crippen LogP contribution in [0.2, 0.25) is 0 Å². The van der Waals surface area contributed by atoms with Crippen molar-refractivity contribution in [2.45, 2.75) is 75.5 Å². The standard InChI is InChI=1S/C16H26O4/c1-11(2)7-8-12-14(3,20-12)16(17)13(18-4)6-5-9-15(16)10-19-15/h7,12-13,17H,5-6,8-10H2,1-4H3. The first kappa shape index (κ1) is 14.5. The maximum atomic E-state index is 11.5. The number of allylic oxidation sites excluding steroid dienone is 1. The van der Waals surface area contributed by atoms with Gasteiger partial charge in [0, 0.05) is 7.11 Å². The van der Waals surface area contributed by atoms with E-state index in [2.05, 4.69) is 19.9 Å². The zero-order valence-electron chi connectivity index (χ0n) is 12.9. The van der Waals surface area contributed by atoms with Gasteiger partial charge in [0.2, 0.25) is 0 Å². The summed E-state index contributed by atoms with van der Waals surface area (Å²) >= 11 is 0. The van der Waals surface area contributed by atoms with Gasteiger partial charge in [-0.1, -0.05) is 11.6 Å². The van der Waals surface area contributed by atoms with Crippen molar-refractivity contribution in [1.29, 1.82) is 0 Å². The minimum Gasteiger partial charge on any atom is -0.381 e. The minimum atomic E-state index is -1.03. The number of aliphatic hydroxyl groups is 1. The van der Waals surface area contributed by atoms with E-state index < -0.39 is 16.8 Å². The molecule has 1 saturated carbocycles. The smallest absolute Gasteiger partial charge is 0.153 e. The maximum absolute atomic E-state index is 11.5. The summed E-state index contributed by atoms with van der Waals surface area (Å²) < 4.78 is 17.2. The summed E-state index contributed by atoms with van der Waals surface area (Å²) in [6.07, 6.45) is 5.66. The van der Waals surface area contributed by atoms with Crippen molar-refractivity contribution in [3.05, 3.63) is 11.6 Å². The van der Waals surface area contributed by atoms with Crippen LogP contribution in [0.3, 0.4) is 0 Å². The number of rotatable bonds is 4. The molecule has 2 saturated heterocycles. The van der Waals surface area contributed by atoms with Gasteiger partial charge in [0.15, 0.2) is 5.60 Å². The van der Waals surface area contributed by atoms with Crippen molar-refractivity contribution in [1.82, 2.24) is 0 Å². The van der Waals surface area contributed by atoms with Gasteiger partial charge < -0.3 is 19.3 Å². The number of methoxy groups -OCH3 is 1. The van der Waals surface area contributed by atoms with Gasteiger partial charge in [0.1, 0.15) is 11.2 Å². The fraction of sp³-hybridized carbons (Fsp3) is 0.875. The molecule has 1 spiro atoms. The van der Waals surface area contributed by atoms with Crippen LogP contribution in [-0.2, 0) is 14.2 Å². The Morgan fingerprint density at radius 1 is 1.45 bits per heavy atom. The topological polar surface area (TPSA) is 54.5 Å². The first-order valence-corrected chi connectivity index (χ1v) is 7.60. The van der Waals surface area contributed by atoms with Crippen LogP contribution in [0.5, 0.6) is 0 Å². The molecule has 5 atom stereocenters. The van der Waals surface area contributed by atoms with E-state index in [0.717, 1.165) is 25.7 Å². The predicted molar refractivity (Wildman–Crippen MR) is 75.6 cm³/mol. The third-order valence-corrected chi connectivity index (χ3v) is 5.43. The summed E-state index contributed by atoms with van der Waals surface area (Å²) in [5.41, 5.74) is -0.761. The first-order chi connectivity index (χ1) is 9.39. The molecule has 0 amide bonds. The van der Waals surface area contributed by atoms with E-state index >= 15 is 0 Å². The molecule has 3 rings (SSSR count). The Balaban J connectivity index is 1.84. The molecule has 0 bridgehead atoms. The number of hydrogen-bond donors (Lipinski definition) is 1. The number of epoxide rings is 2. The number of ether oxygens (including phenoxy) is 3. The monoisotopic (exact) mass is 282 g/mol. The van der Waals surface area contributed by atoms with Crippen molar-refractivity contribution in [3.63, 3.8) is 0 Å². The molecular weight excluding hydrogens is 256 g/mol. The van der Waals surface area contributed by atoms with Crippen LogP contribution in [0.25, 0.3) is 0 Å². The molecule has 0 aromatic heterocycles. The second-order valence-corrected chi connectivity index (χ2v) is 6.90. The van der Waals surface area contributed by atoms with Crippen LogP contribution in [-0.4, -0.2) is 47.8 Å². The molecule has 0 radical (unpaired) electrons. The fourth-order valence-electron chi connectivity index (χ4n) is 3.99. The number of hydrogen-bond acceptors (Lipinski definition) is 4. The lowest BCUT2D eigenvalue weighted by molar-refractivity contribution is -0.191. The average Bonchev–Trinajstić information content (AvgIpc) is 3.29. The molecule has 1 N–H and O–H groups in total. The zero-order valence-corrected chi connectivity index (χ0v) is 12.9. The van der Waals surface area contributed by atoms with Crippen molar-refractivity contribution < 1.29 is 19.3 Å². The Morgan fingerprint density at radius 2 is 2.15 bits per heavy atom. The summed E-state index contributed by atoms with van der Waals surface area (Å²) in [6.45, 7) is 6.80. The van der Waals surface area contributed by atoms with E-state index in [1.165, 1.54) is 5.57 Å². The van der Waals surface area contributed by atoms with E-state index in [-0.39, 0.29) is 12.2 Å². The molecule has 1 aliphatic carbocycles. The lowest BCUT2D eigenvalue weighted by atomic mass is 9.65. The Bertz CT molecular complexity index is 424. The highest BCUT2D eigenvalue weighted by Crippen LogP contribution is 2.61. The van der Waals surface area contributed by atoms with Crippen LogP contribution < -0.4 is 0 Å². The second kappa shape index (κ2) is 4.54. The van der Waals surface area contributed by atoms with Gasteiger partial charge in [-0.25, -0.2) is 0 Å². The van der Waals surface area contributed by atoms with Crippen LogP contribution in [0.15, 0.2) is 11.6 Å². The van der Waals surface area contributed by atoms with Gasteiger partial charge in [-0.3, -0.25) is 0 Å². The lowest BCUT2D eigenvalue weighted by Gasteiger charge is -2.46. The molecule has 4 nitrogen and oxygen atoms in total. The second-order valence-electron chi connectivity index (χ2n) is 6.90. The summed E-state index contributed by atoms with van der Waals surface area (Å²) in [5.74, 6) is 0. The minimum absolute atomic E-state index is 0.0548. The highest BCUT2D eigenvalue weighted by molar-refractivity contribution is 5.29. The third kappa shape index (κ3) is 1.82. The molecule has 4 heteroatoms. The Kier molecular flexibility index (Phi) is 3.29. The van der Waals surface area contributed by atoms with Crippen molar-refractivity contribution in [2.75, 3.05) is 13.7 Å². The van der Waals surface area contributed by atoms with Gasteiger partial charge in [-0.15, -0.1) is 0 Å². The summed E-state index contributed by atoms with van der Waals surface area (Å²) in [7, 11) is 1.67. The van der Waals surface area contributed by atoms with Crippen molar-refractivity contribution in [3.8, 4) is 0 Å². The Morgan fingerprint density at radius 3 is 2.70 bits per heavy atom. The normalized spacial score (nSPS) is 50.0.